The van der Waals surface area contributed by atoms with Crippen molar-refractivity contribution in [3.63, 3.8) is 0 Å². The Morgan fingerprint density at radius 3 is 2.94 bits per heavy atom. The SMILES string of the molecule is Fc1ccc(CN2CCC3NCCC3C2)cc1F. The second-order valence-electron chi connectivity index (χ2n) is 5.38. The number of nitrogens with one attached hydrogen (secondary N) is 1. The first-order valence-corrected chi connectivity index (χ1v) is 6.62. The number of rotatable bonds is 2. The molecule has 4 heteroatoms. The fraction of sp³-hybridized carbons (Fsp3) is 0.571. The van der Waals surface area contributed by atoms with Crippen LogP contribution >= 0.6 is 0 Å². The fourth-order valence-electron chi connectivity index (χ4n) is 3.16. The van der Waals surface area contributed by atoms with Gasteiger partial charge in [-0.05, 0) is 49.5 Å². The summed E-state index contributed by atoms with van der Waals surface area (Å²) < 4.78 is 26.0. The van der Waals surface area contributed by atoms with Crippen LogP contribution < -0.4 is 5.32 Å². The molecule has 2 nitrogen and oxygen atoms in total. The van der Waals surface area contributed by atoms with Crippen molar-refractivity contribution in [2.24, 2.45) is 5.92 Å². The van der Waals surface area contributed by atoms with E-state index in [1.165, 1.54) is 18.6 Å². The lowest BCUT2D eigenvalue weighted by Gasteiger charge is -2.34. The van der Waals surface area contributed by atoms with E-state index in [1.807, 2.05) is 0 Å². The minimum Gasteiger partial charge on any atom is -0.314 e. The van der Waals surface area contributed by atoms with Crippen molar-refractivity contribution >= 4 is 0 Å². The molecule has 1 aromatic rings. The van der Waals surface area contributed by atoms with Gasteiger partial charge in [0.15, 0.2) is 11.6 Å². The van der Waals surface area contributed by atoms with Crippen LogP contribution in [0.2, 0.25) is 0 Å². The maximum Gasteiger partial charge on any atom is 0.159 e. The largest absolute Gasteiger partial charge is 0.314 e. The molecule has 1 N–H and O–H groups in total. The number of hydrogen-bond donors (Lipinski definition) is 1. The summed E-state index contributed by atoms with van der Waals surface area (Å²) >= 11 is 0. The summed E-state index contributed by atoms with van der Waals surface area (Å²) in [6, 6.07) is 4.88. The lowest BCUT2D eigenvalue weighted by Crippen LogP contribution is -2.43. The first kappa shape index (κ1) is 12.1. The van der Waals surface area contributed by atoms with Crippen LogP contribution in [-0.2, 0) is 6.54 Å². The number of piperidine rings is 1. The zero-order chi connectivity index (χ0) is 12.5. The highest BCUT2D eigenvalue weighted by molar-refractivity contribution is 5.17. The Morgan fingerprint density at radius 2 is 2.11 bits per heavy atom. The Bertz CT molecular complexity index is 436. The Kier molecular flexibility index (Phi) is 3.31. The van der Waals surface area contributed by atoms with Gasteiger partial charge in [-0.1, -0.05) is 6.07 Å². The van der Waals surface area contributed by atoms with Crippen LogP contribution in [0, 0.1) is 17.6 Å². The summed E-state index contributed by atoms with van der Waals surface area (Å²) in [4.78, 5) is 2.35. The van der Waals surface area contributed by atoms with Gasteiger partial charge in [-0.3, -0.25) is 4.90 Å². The number of nitrogens with zero attached hydrogens (tertiary/aromatic N) is 1. The normalized spacial score (nSPS) is 28.3. The Labute approximate surface area is 106 Å². The van der Waals surface area contributed by atoms with Crippen LogP contribution in [0.5, 0.6) is 0 Å². The van der Waals surface area contributed by atoms with E-state index in [1.54, 1.807) is 6.07 Å². The molecule has 2 aliphatic heterocycles. The predicted molar refractivity (Wildman–Crippen MR) is 66.1 cm³/mol. The molecule has 2 heterocycles. The Balaban J connectivity index is 1.64. The Hall–Kier alpha value is -1.00. The maximum atomic E-state index is 13.1. The van der Waals surface area contributed by atoms with Crippen LogP contribution in [0.4, 0.5) is 8.78 Å². The smallest absolute Gasteiger partial charge is 0.159 e. The Morgan fingerprint density at radius 1 is 1.22 bits per heavy atom. The molecule has 3 rings (SSSR count). The highest BCUT2D eigenvalue weighted by Crippen LogP contribution is 2.25. The molecule has 1 aromatic carbocycles. The summed E-state index contributed by atoms with van der Waals surface area (Å²) in [6.07, 6.45) is 2.40. The predicted octanol–water partition coefficient (Wildman–Crippen LogP) is 2.15. The van der Waals surface area contributed by atoms with E-state index in [4.69, 9.17) is 0 Å². The quantitative estimate of drug-likeness (QED) is 0.867. The number of fused-ring (bicyclic) bond motifs is 1. The number of likely N-dealkylation sites (tertiary alicyclic amines) is 1. The van der Waals surface area contributed by atoms with E-state index in [2.05, 4.69) is 10.2 Å². The average Bonchev–Trinajstić information content (AvgIpc) is 2.81. The molecule has 18 heavy (non-hydrogen) atoms. The van der Waals surface area contributed by atoms with E-state index >= 15 is 0 Å². The summed E-state index contributed by atoms with van der Waals surface area (Å²) in [5.41, 5.74) is 0.860. The molecule has 0 spiro atoms. The van der Waals surface area contributed by atoms with Gasteiger partial charge in [0.05, 0.1) is 0 Å². The van der Waals surface area contributed by atoms with Crippen LogP contribution in [0.1, 0.15) is 18.4 Å². The van der Waals surface area contributed by atoms with E-state index in [0.29, 0.717) is 6.04 Å². The van der Waals surface area contributed by atoms with Crippen LogP contribution in [0.15, 0.2) is 18.2 Å². The topological polar surface area (TPSA) is 15.3 Å². The van der Waals surface area contributed by atoms with Gasteiger partial charge < -0.3 is 5.32 Å². The van der Waals surface area contributed by atoms with Crippen molar-refractivity contribution < 1.29 is 8.78 Å². The highest BCUT2D eigenvalue weighted by Gasteiger charge is 2.32. The van der Waals surface area contributed by atoms with Gasteiger partial charge in [-0.2, -0.15) is 0 Å². The zero-order valence-corrected chi connectivity index (χ0v) is 10.3. The molecule has 0 saturated carbocycles. The fourth-order valence-corrected chi connectivity index (χ4v) is 3.16. The van der Waals surface area contributed by atoms with Crippen LogP contribution in [0.25, 0.3) is 0 Å². The van der Waals surface area contributed by atoms with Gasteiger partial charge in [0.25, 0.3) is 0 Å². The molecule has 2 fully saturated rings. The molecule has 2 atom stereocenters. The van der Waals surface area contributed by atoms with Gasteiger partial charge in [0.2, 0.25) is 0 Å². The first-order valence-electron chi connectivity index (χ1n) is 6.62. The lowest BCUT2D eigenvalue weighted by atomic mass is 9.93. The summed E-state index contributed by atoms with van der Waals surface area (Å²) in [5, 5.41) is 3.52. The van der Waals surface area contributed by atoms with Crippen molar-refractivity contribution in [1.82, 2.24) is 10.2 Å². The number of hydrogen-bond acceptors (Lipinski definition) is 2. The van der Waals surface area contributed by atoms with E-state index in [-0.39, 0.29) is 0 Å². The lowest BCUT2D eigenvalue weighted by molar-refractivity contribution is 0.156. The molecule has 2 aliphatic rings. The van der Waals surface area contributed by atoms with Gasteiger partial charge in [0.1, 0.15) is 0 Å². The van der Waals surface area contributed by atoms with E-state index in [0.717, 1.165) is 44.1 Å². The summed E-state index contributed by atoms with van der Waals surface area (Å²) in [7, 11) is 0. The zero-order valence-electron chi connectivity index (χ0n) is 10.3. The maximum absolute atomic E-state index is 13.1. The monoisotopic (exact) mass is 252 g/mol. The molecule has 0 bridgehead atoms. The molecular formula is C14H18F2N2. The standard InChI is InChI=1S/C14H18F2N2/c15-12-2-1-10(7-13(12)16)8-18-6-4-14-11(9-18)3-5-17-14/h1-2,7,11,14,17H,3-6,8-9H2. The van der Waals surface area contributed by atoms with Gasteiger partial charge in [0, 0.05) is 19.1 Å². The molecule has 2 unspecified atom stereocenters. The summed E-state index contributed by atoms with van der Waals surface area (Å²) in [6.45, 7) is 3.94. The molecule has 0 radical (unpaired) electrons. The van der Waals surface area contributed by atoms with E-state index in [9.17, 15) is 8.78 Å². The third-order valence-electron chi connectivity index (χ3n) is 4.13. The van der Waals surface area contributed by atoms with Crippen LogP contribution in [-0.4, -0.2) is 30.6 Å². The van der Waals surface area contributed by atoms with Crippen molar-refractivity contribution in [3.05, 3.63) is 35.4 Å². The highest BCUT2D eigenvalue weighted by atomic mass is 19.2. The van der Waals surface area contributed by atoms with Crippen molar-refractivity contribution in [2.75, 3.05) is 19.6 Å². The summed E-state index contributed by atoms with van der Waals surface area (Å²) in [5.74, 6) is -0.786. The van der Waals surface area contributed by atoms with Crippen molar-refractivity contribution in [3.8, 4) is 0 Å². The second-order valence-corrected chi connectivity index (χ2v) is 5.38. The molecule has 0 aromatic heterocycles. The van der Waals surface area contributed by atoms with Crippen molar-refractivity contribution in [1.29, 1.82) is 0 Å². The molecule has 0 aliphatic carbocycles. The number of halogens is 2. The van der Waals surface area contributed by atoms with Gasteiger partial charge in [-0.15, -0.1) is 0 Å². The molecule has 98 valence electrons. The van der Waals surface area contributed by atoms with Crippen molar-refractivity contribution in [2.45, 2.75) is 25.4 Å². The first-order chi connectivity index (χ1) is 8.72. The second kappa shape index (κ2) is 4.94. The average molecular weight is 252 g/mol. The molecule has 0 amide bonds. The van der Waals surface area contributed by atoms with Crippen LogP contribution in [0.3, 0.4) is 0 Å². The van der Waals surface area contributed by atoms with Gasteiger partial charge >= 0.3 is 0 Å². The minimum atomic E-state index is -0.766. The third-order valence-corrected chi connectivity index (χ3v) is 4.13. The third kappa shape index (κ3) is 2.40. The number of benzene rings is 1. The molecule has 2 saturated heterocycles. The van der Waals surface area contributed by atoms with E-state index < -0.39 is 11.6 Å². The van der Waals surface area contributed by atoms with Gasteiger partial charge in [-0.25, -0.2) is 8.78 Å². The molecular weight excluding hydrogens is 234 g/mol. The minimum absolute atomic E-state index is 0.672.